The summed E-state index contributed by atoms with van der Waals surface area (Å²) in [5.74, 6) is 0.456. The number of likely N-dealkylation sites (tertiary alicyclic amines) is 1. The Morgan fingerprint density at radius 2 is 1.75 bits per heavy atom. The number of imidazole rings is 1. The first-order chi connectivity index (χ1) is 13.7. The lowest BCUT2D eigenvalue weighted by Crippen LogP contribution is -2.44. The van der Waals surface area contributed by atoms with Crippen LogP contribution in [-0.4, -0.2) is 46.1 Å². The molecule has 0 spiro atoms. The predicted octanol–water partition coefficient (Wildman–Crippen LogP) is 2.42. The Bertz CT molecular complexity index is 962. The molecule has 0 atom stereocenters. The Hall–Kier alpha value is -3.35. The summed E-state index contributed by atoms with van der Waals surface area (Å²) >= 11 is 0. The van der Waals surface area contributed by atoms with Crippen LogP contribution >= 0.6 is 0 Å². The quantitative estimate of drug-likeness (QED) is 0.740. The van der Waals surface area contributed by atoms with E-state index >= 15 is 0 Å². The maximum atomic E-state index is 12.6. The van der Waals surface area contributed by atoms with Gasteiger partial charge in [0.25, 0.3) is 5.91 Å². The van der Waals surface area contributed by atoms with Crippen LogP contribution in [0.4, 0.5) is 0 Å². The van der Waals surface area contributed by atoms with Gasteiger partial charge in [0.1, 0.15) is 12.1 Å². The van der Waals surface area contributed by atoms with Gasteiger partial charge in [0.05, 0.1) is 11.0 Å². The van der Waals surface area contributed by atoms with Crippen molar-refractivity contribution in [2.45, 2.75) is 12.8 Å². The number of benzene rings is 2. The van der Waals surface area contributed by atoms with E-state index in [4.69, 9.17) is 4.74 Å². The molecule has 1 fully saturated rings. The summed E-state index contributed by atoms with van der Waals surface area (Å²) < 4.78 is 7.18. The number of carbonyl (C=O) groups is 2. The molecule has 1 N–H and O–H groups in total. The van der Waals surface area contributed by atoms with Gasteiger partial charge in [-0.1, -0.05) is 30.3 Å². The predicted molar refractivity (Wildman–Crippen MR) is 105 cm³/mol. The first-order valence-corrected chi connectivity index (χ1v) is 9.39. The molecule has 3 aromatic rings. The van der Waals surface area contributed by atoms with Gasteiger partial charge in [0.2, 0.25) is 5.91 Å². The van der Waals surface area contributed by atoms with E-state index in [-0.39, 0.29) is 24.3 Å². The van der Waals surface area contributed by atoms with Crippen LogP contribution < -0.4 is 10.2 Å². The number of carbonyl (C=O) groups excluding carboxylic acids is 2. The van der Waals surface area contributed by atoms with Crippen molar-refractivity contribution in [3.05, 3.63) is 60.9 Å². The Morgan fingerprint density at radius 1 is 1.04 bits per heavy atom. The summed E-state index contributed by atoms with van der Waals surface area (Å²) in [5.41, 5.74) is 4.61. The summed E-state index contributed by atoms with van der Waals surface area (Å²) in [6.45, 7) is 1.13. The lowest BCUT2D eigenvalue weighted by atomic mass is 9.96. The van der Waals surface area contributed by atoms with Crippen LogP contribution in [0.2, 0.25) is 0 Å². The Labute approximate surface area is 162 Å². The number of hydrogen-bond donors (Lipinski definition) is 1. The Kier molecular flexibility index (Phi) is 5.23. The zero-order valence-corrected chi connectivity index (χ0v) is 15.5. The number of nitrogens with zero attached hydrogens (tertiary/aromatic N) is 3. The molecule has 7 nitrogen and oxygen atoms in total. The summed E-state index contributed by atoms with van der Waals surface area (Å²) in [7, 11) is 0. The lowest BCUT2D eigenvalue weighted by Gasteiger charge is -2.31. The van der Waals surface area contributed by atoms with Gasteiger partial charge in [0, 0.05) is 19.0 Å². The molecule has 0 saturated carbocycles. The van der Waals surface area contributed by atoms with E-state index in [9.17, 15) is 9.59 Å². The average molecular weight is 378 g/mol. The molecule has 2 heterocycles. The van der Waals surface area contributed by atoms with Gasteiger partial charge in [-0.15, -0.1) is 0 Å². The van der Waals surface area contributed by atoms with Crippen LogP contribution in [0.25, 0.3) is 11.0 Å². The van der Waals surface area contributed by atoms with Crippen LogP contribution in [0.5, 0.6) is 5.75 Å². The second-order valence-corrected chi connectivity index (χ2v) is 6.84. The second-order valence-electron chi connectivity index (χ2n) is 6.84. The minimum atomic E-state index is -0.125. The molecule has 1 aromatic heterocycles. The van der Waals surface area contributed by atoms with Crippen LogP contribution in [-0.2, 0) is 9.59 Å². The van der Waals surface area contributed by atoms with Crippen molar-refractivity contribution in [1.29, 1.82) is 0 Å². The van der Waals surface area contributed by atoms with Crippen molar-refractivity contribution in [1.82, 2.24) is 14.6 Å². The maximum Gasteiger partial charge on any atom is 0.260 e. The van der Waals surface area contributed by atoms with Gasteiger partial charge in [-0.2, -0.15) is 0 Å². The summed E-state index contributed by atoms with van der Waals surface area (Å²) in [4.78, 5) is 31.0. The van der Waals surface area contributed by atoms with E-state index < -0.39 is 0 Å². The van der Waals surface area contributed by atoms with Crippen molar-refractivity contribution in [2.75, 3.05) is 25.1 Å². The molecule has 28 heavy (non-hydrogen) atoms. The van der Waals surface area contributed by atoms with E-state index in [1.807, 2.05) is 54.6 Å². The number of hydrogen-bond acceptors (Lipinski definition) is 4. The Balaban J connectivity index is 1.27. The fourth-order valence-corrected chi connectivity index (χ4v) is 3.40. The molecule has 144 valence electrons. The number of piperidine rings is 1. The molecule has 4 rings (SSSR count). The monoisotopic (exact) mass is 378 g/mol. The fraction of sp³-hybridized carbons (Fsp3) is 0.286. The van der Waals surface area contributed by atoms with Gasteiger partial charge in [-0.3, -0.25) is 15.0 Å². The molecule has 0 radical (unpaired) electrons. The largest absolute Gasteiger partial charge is 0.484 e. The maximum absolute atomic E-state index is 12.6. The first kappa shape index (κ1) is 18.0. The SMILES string of the molecule is O=C(Nn1cnc2ccccc21)C1CCN(C(=O)COc2ccccc2)CC1. The van der Waals surface area contributed by atoms with Gasteiger partial charge >= 0.3 is 0 Å². The molecule has 7 heteroatoms. The van der Waals surface area contributed by atoms with Gasteiger partial charge in [0.15, 0.2) is 6.61 Å². The van der Waals surface area contributed by atoms with Gasteiger partial charge in [-0.05, 0) is 37.1 Å². The third-order valence-corrected chi connectivity index (χ3v) is 5.01. The number of fused-ring (bicyclic) bond motifs is 1. The number of ether oxygens (including phenoxy) is 1. The van der Waals surface area contributed by atoms with Crippen molar-refractivity contribution < 1.29 is 14.3 Å². The summed E-state index contributed by atoms with van der Waals surface area (Å²) in [5, 5.41) is 0. The molecule has 1 aliphatic heterocycles. The van der Waals surface area contributed by atoms with E-state index in [1.54, 1.807) is 15.9 Å². The average Bonchev–Trinajstić information content (AvgIpc) is 3.16. The van der Waals surface area contributed by atoms with Gasteiger partial charge in [-0.25, -0.2) is 9.66 Å². The molecular weight excluding hydrogens is 356 g/mol. The van der Waals surface area contributed by atoms with E-state index in [1.165, 1.54) is 0 Å². The molecule has 0 bridgehead atoms. The van der Waals surface area contributed by atoms with Crippen molar-refractivity contribution in [3.63, 3.8) is 0 Å². The number of para-hydroxylation sites is 3. The topological polar surface area (TPSA) is 76.5 Å². The van der Waals surface area contributed by atoms with E-state index in [2.05, 4.69) is 10.4 Å². The van der Waals surface area contributed by atoms with Crippen LogP contribution in [0.15, 0.2) is 60.9 Å². The van der Waals surface area contributed by atoms with Crippen LogP contribution in [0.1, 0.15) is 12.8 Å². The third kappa shape index (κ3) is 3.98. The molecule has 0 unspecified atom stereocenters. The van der Waals surface area contributed by atoms with E-state index in [0.29, 0.717) is 31.7 Å². The minimum Gasteiger partial charge on any atom is -0.484 e. The number of amides is 2. The highest BCUT2D eigenvalue weighted by atomic mass is 16.5. The fourth-order valence-electron chi connectivity index (χ4n) is 3.40. The lowest BCUT2D eigenvalue weighted by molar-refractivity contribution is -0.136. The van der Waals surface area contributed by atoms with Crippen LogP contribution in [0, 0.1) is 5.92 Å². The summed E-state index contributed by atoms with van der Waals surface area (Å²) in [6, 6.07) is 16.9. The standard InChI is InChI=1S/C21H22N4O3/c26-20(14-28-17-6-2-1-3-7-17)24-12-10-16(11-13-24)21(27)23-25-15-22-18-8-4-5-9-19(18)25/h1-9,15-16H,10-14H2,(H,23,27). The van der Waals surface area contributed by atoms with Crippen molar-refractivity contribution in [3.8, 4) is 5.75 Å². The second kappa shape index (κ2) is 8.12. The van der Waals surface area contributed by atoms with E-state index in [0.717, 1.165) is 11.0 Å². The zero-order valence-electron chi connectivity index (χ0n) is 15.5. The number of aromatic nitrogens is 2. The molecule has 1 aliphatic rings. The third-order valence-electron chi connectivity index (χ3n) is 5.01. The highest BCUT2D eigenvalue weighted by Gasteiger charge is 2.27. The van der Waals surface area contributed by atoms with Crippen molar-refractivity contribution in [2.24, 2.45) is 5.92 Å². The Morgan fingerprint density at radius 3 is 2.54 bits per heavy atom. The number of nitrogens with one attached hydrogen (secondary N) is 1. The highest BCUT2D eigenvalue weighted by Crippen LogP contribution is 2.19. The summed E-state index contributed by atoms with van der Waals surface area (Å²) in [6.07, 6.45) is 2.88. The smallest absolute Gasteiger partial charge is 0.260 e. The van der Waals surface area contributed by atoms with Crippen molar-refractivity contribution >= 4 is 22.8 Å². The first-order valence-electron chi connectivity index (χ1n) is 9.39. The normalized spacial score (nSPS) is 14.8. The molecule has 0 aliphatic carbocycles. The molecule has 2 aromatic carbocycles. The van der Waals surface area contributed by atoms with Gasteiger partial charge < -0.3 is 9.64 Å². The number of rotatable bonds is 5. The highest BCUT2D eigenvalue weighted by molar-refractivity contribution is 5.88. The minimum absolute atomic E-state index is 0.0158. The van der Waals surface area contributed by atoms with Crippen LogP contribution in [0.3, 0.4) is 0 Å². The zero-order chi connectivity index (χ0) is 19.3. The molecular formula is C21H22N4O3. The molecule has 1 saturated heterocycles. The molecule has 2 amide bonds.